The van der Waals surface area contributed by atoms with Crippen LogP contribution in [0.1, 0.15) is 70.9 Å². The maximum absolute atomic E-state index is 13.0. The number of sulfone groups is 1. The lowest BCUT2D eigenvalue weighted by Crippen LogP contribution is -2.63. The van der Waals surface area contributed by atoms with Crippen LogP contribution in [0, 0.1) is 0 Å². The molecule has 1 saturated heterocycles. The molecular weight excluding hydrogens is 686 g/mol. The summed E-state index contributed by atoms with van der Waals surface area (Å²) in [5.41, 5.74) is 3.63. The SMILES string of the molecule is CCC(=O)OC[C@H]1O[C@@H](ONC(=O)/C=C/c2cccc(S(=O)(=O)CCCc3ccccc3)c2)[C@H](OC(=O)CC)[C@@H](OC(=O)CC)[C@H]1OC(=O)CC. The molecule has 15 heteroatoms. The predicted molar refractivity (Wildman–Crippen MR) is 182 cm³/mol. The number of aryl methyl sites for hydroxylation is 1. The molecule has 2 aromatic rings. The summed E-state index contributed by atoms with van der Waals surface area (Å²) in [7, 11) is -3.60. The van der Waals surface area contributed by atoms with Gasteiger partial charge in [-0.25, -0.2) is 18.7 Å². The monoisotopic (exact) mass is 731 g/mol. The van der Waals surface area contributed by atoms with E-state index in [0.717, 1.165) is 11.6 Å². The van der Waals surface area contributed by atoms with E-state index in [0.29, 0.717) is 18.4 Å². The lowest BCUT2D eigenvalue weighted by atomic mass is 9.98. The Morgan fingerprint density at radius 1 is 0.765 bits per heavy atom. The Morgan fingerprint density at radius 2 is 1.37 bits per heavy atom. The Morgan fingerprint density at radius 3 is 2.00 bits per heavy atom. The Labute approximate surface area is 297 Å². The Balaban J connectivity index is 1.78. The third kappa shape index (κ3) is 12.9. The van der Waals surface area contributed by atoms with Crippen molar-refractivity contribution in [3.63, 3.8) is 0 Å². The molecule has 0 aliphatic carbocycles. The first-order valence-corrected chi connectivity index (χ1v) is 18.5. The number of amides is 1. The fourth-order valence-corrected chi connectivity index (χ4v) is 6.22. The van der Waals surface area contributed by atoms with E-state index in [4.69, 9.17) is 28.5 Å². The van der Waals surface area contributed by atoms with Crippen LogP contribution in [0.25, 0.3) is 6.08 Å². The standard InChI is InChI=1S/C36H45NO13S/c1-5-29(39)45-23-27-33(47-30(40)6-2)34(48-31(41)7-3)35(49-32(42)8-4)36(46-27)50-37-28(38)20-19-25-16-12-18-26(22-25)51(43,44)21-13-17-24-14-10-9-11-15-24/h9-12,14-16,18-20,22,27,33-36H,5-8,13,17,21,23H2,1-4H3,(H,37,38)/b20-19+/t27-,33+,34+,35-,36+/m1/s1. The number of hydroxylamine groups is 1. The highest BCUT2D eigenvalue weighted by Gasteiger charge is 2.53. The fourth-order valence-electron chi connectivity index (χ4n) is 4.85. The summed E-state index contributed by atoms with van der Waals surface area (Å²) in [6.45, 7) is 5.70. The van der Waals surface area contributed by atoms with Crippen LogP contribution in [0.4, 0.5) is 0 Å². The molecule has 14 nitrogen and oxygen atoms in total. The van der Waals surface area contributed by atoms with Gasteiger partial charge in [0.2, 0.25) is 6.29 Å². The van der Waals surface area contributed by atoms with Crippen LogP contribution in [0.5, 0.6) is 0 Å². The molecule has 1 aliphatic rings. The van der Waals surface area contributed by atoms with Crippen LogP contribution in [-0.4, -0.2) is 81.3 Å². The van der Waals surface area contributed by atoms with Crippen LogP contribution in [0.2, 0.25) is 0 Å². The lowest BCUT2D eigenvalue weighted by Gasteiger charge is -2.43. The van der Waals surface area contributed by atoms with Gasteiger partial charge in [0.1, 0.15) is 12.7 Å². The van der Waals surface area contributed by atoms with Gasteiger partial charge in [-0.1, -0.05) is 70.2 Å². The molecule has 1 heterocycles. The first kappa shape index (κ1) is 40.8. The average Bonchev–Trinajstić information content (AvgIpc) is 3.14. The van der Waals surface area contributed by atoms with Crippen molar-refractivity contribution in [2.24, 2.45) is 0 Å². The van der Waals surface area contributed by atoms with Crippen molar-refractivity contribution in [1.82, 2.24) is 5.48 Å². The largest absolute Gasteiger partial charge is 0.463 e. The lowest BCUT2D eigenvalue weighted by molar-refractivity contribution is -0.318. The van der Waals surface area contributed by atoms with E-state index in [-0.39, 0.29) is 36.3 Å². The van der Waals surface area contributed by atoms with Crippen LogP contribution < -0.4 is 5.48 Å². The van der Waals surface area contributed by atoms with Gasteiger partial charge >= 0.3 is 23.9 Å². The van der Waals surface area contributed by atoms with Gasteiger partial charge in [0.05, 0.1) is 10.6 Å². The smallest absolute Gasteiger partial charge is 0.306 e. The minimum Gasteiger partial charge on any atom is -0.463 e. The van der Waals surface area contributed by atoms with Gasteiger partial charge < -0.3 is 23.7 Å². The maximum Gasteiger partial charge on any atom is 0.306 e. The van der Waals surface area contributed by atoms with Crippen molar-refractivity contribution in [3.8, 4) is 0 Å². The maximum atomic E-state index is 13.0. The van der Waals surface area contributed by atoms with Crippen LogP contribution >= 0.6 is 0 Å². The highest BCUT2D eigenvalue weighted by atomic mass is 32.2. The molecule has 1 aliphatic heterocycles. The second-order valence-corrected chi connectivity index (χ2v) is 13.5. The number of ether oxygens (including phenoxy) is 5. The topological polar surface area (TPSA) is 187 Å². The first-order chi connectivity index (χ1) is 24.4. The molecule has 1 amide bonds. The number of rotatable bonds is 18. The first-order valence-electron chi connectivity index (χ1n) is 16.8. The van der Waals surface area contributed by atoms with E-state index < -0.39 is 76.9 Å². The molecule has 1 fully saturated rings. The van der Waals surface area contributed by atoms with Crippen LogP contribution in [0.3, 0.4) is 0 Å². The van der Waals surface area contributed by atoms with Crippen molar-refractivity contribution >= 4 is 45.7 Å². The van der Waals surface area contributed by atoms with Gasteiger partial charge in [0.15, 0.2) is 28.1 Å². The number of carbonyl (C=O) groups excluding carboxylic acids is 5. The van der Waals surface area contributed by atoms with Gasteiger partial charge in [0, 0.05) is 31.8 Å². The summed E-state index contributed by atoms with van der Waals surface area (Å²) in [4.78, 5) is 67.9. The molecule has 0 radical (unpaired) electrons. The number of benzene rings is 2. The third-order valence-electron chi connectivity index (χ3n) is 7.60. The molecule has 0 bridgehead atoms. The Bertz CT molecular complexity index is 1630. The minimum atomic E-state index is -3.60. The van der Waals surface area contributed by atoms with E-state index in [1.807, 2.05) is 30.3 Å². The summed E-state index contributed by atoms with van der Waals surface area (Å²) in [6, 6.07) is 15.7. The van der Waals surface area contributed by atoms with Crippen molar-refractivity contribution in [2.45, 2.75) is 102 Å². The molecule has 1 N–H and O–H groups in total. The highest BCUT2D eigenvalue weighted by Crippen LogP contribution is 2.30. The van der Waals surface area contributed by atoms with E-state index >= 15 is 0 Å². The molecule has 3 rings (SSSR count). The van der Waals surface area contributed by atoms with Crippen molar-refractivity contribution < 1.29 is 60.9 Å². The molecule has 2 aromatic carbocycles. The van der Waals surface area contributed by atoms with E-state index in [2.05, 4.69) is 5.48 Å². The number of esters is 4. The zero-order valence-electron chi connectivity index (χ0n) is 29.1. The summed E-state index contributed by atoms with van der Waals surface area (Å²) in [5.74, 6) is -3.64. The predicted octanol–water partition coefficient (Wildman–Crippen LogP) is 3.80. The van der Waals surface area contributed by atoms with Gasteiger partial charge in [-0.15, -0.1) is 0 Å². The van der Waals surface area contributed by atoms with Crippen molar-refractivity contribution in [2.75, 3.05) is 12.4 Å². The molecule has 5 atom stereocenters. The Kier molecular flexibility index (Phi) is 16.3. The van der Waals surface area contributed by atoms with E-state index in [1.165, 1.54) is 39.0 Å². The second kappa shape index (κ2) is 20.3. The summed E-state index contributed by atoms with van der Waals surface area (Å²) in [6.07, 6.45) is -3.99. The minimum absolute atomic E-state index is 0.0303. The molecular formula is C36H45NO13S. The molecule has 0 unspecified atom stereocenters. The van der Waals surface area contributed by atoms with Crippen molar-refractivity contribution in [1.29, 1.82) is 0 Å². The summed E-state index contributed by atoms with van der Waals surface area (Å²) >= 11 is 0. The third-order valence-corrected chi connectivity index (χ3v) is 9.40. The number of nitrogens with one attached hydrogen (secondary N) is 1. The number of carbonyl (C=O) groups is 5. The quantitative estimate of drug-likeness (QED) is 0.101. The zero-order valence-corrected chi connectivity index (χ0v) is 29.9. The van der Waals surface area contributed by atoms with Gasteiger partial charge in [-0.05, 0) is 42.2 Å². The van der Waals surface area contributed by atoms with Crippen LogP contribution in [0.15, 0.2) is 65.6 Å². The van der Waals surface area contributed by atoms with E-state index in [1.54, 1.807) is 19.1 Å². The average molecular weight is 732 g/mol. The number of hydrogen-bond acceptors (Lipinski definition) is 13. The normalized spacial score (nSPS) is 20.3. The van der Waals surface area contributed by atoms with Gasteiger partial charge in [0.25, 0.3) is 5.91 Å². The van der Waals surface area contributed by atoms with Gasteiger partial charge in [-0.2, -0.15) is 0 Å². The molecule has 51 heavy (non-hydrogen) atoms. The molecule has 278 valence electrons. The second-order valence-electron chi connectivity index (χ2n) is 11.4. The van der Waals surface area contributed by atoms with Crippen molar-refractivity contribution in [3.05, 3.63) is 71.8 Å². The van der Waals surface area contributed by atoms with Gasteiger partial charge in [-0.3, -0.25) is 24.0 Å². The molecule has 0 aromatic heterocycles. The summed E-state index contributed by atoms with van der Waals surface area (Å²) < 4.78 is 53.8. The Hall–Kier alpha value is -4.60. The fraction of sp³-hybridized carbons (Fsp3) is 0.472. The van der Waals surface area contributed by atoms with E-state index in [9.17, 15) is 32.4 Å². The molecule has 0 saturated carbocycles. The number of hydrogen-bond donors (Lipinski definition) is 1. The zero-order chi connectivity index (χ0) is 37.4. The highest BCUT2D eigenvalue weighted by molar-refractivity contribution is 7.91. The molecule has 0 spiro atoms. The summed E-state index contributed by atoms with van der Waals surface area (Å²) in [5, 5.41) is 0. The van der Waals surface area contributed by atoms with Crippen LogP contribution in [-0.2, 0) is 68.8 Å².